The van der Waals surface area contributed by atoms with Gasteiger partial charge in [-0.2, -0.15) is 0 Å². The smallest absolute Gasteiger partial charge is 0.216 e. The van der Waals surface area contributed by atoms with E-state index < -0.39 is 10.8 Å². The monoisotopic (exact) mass is 354 g/mol. The van der Waals surface area contributed by atoms with Gasteiger partial charge in [0, 0.05) is 34.4 Å². The molecule has 0 amide bonds. The minimum atomic E-state index is -0.711. The summed E-state index contributed by atoms with van der Waals surface area (Å²) in [6, 6.07) is 0.324. The maximum atomic E-state index is 12.1. The maximum Gasteiger partial charge on any atom is 0.216 e. The summed E-state index contributed by atoms with van der Waals surface area (Å²) in [6.45, 7) is 9.11. The molecule has 2 N–H and O–H groups in total. The van der Waals surface area contributed by atoms with Crippen molar-refractivity contribution < 1.29 is 8.63 Å². The molecule has 0 aliphatic heterocycles. The Morgan fingerprint density at radius 2 is 2.17 bits per heavy atom. The molecular formula is C17H30N4O2S. The Hall–Kier alpha value is -1.37. The second kappa shape index (κ2) is 9.20. The third-order valence-corrected chi connectivity index (χ3v) is 6.15. The van der Waals surface area contributed by atoms with Crippen LogP contribution in [0.1, 0.15) is 56.9 Å². The van der Waals surface area contributed by atoms with Crippen molar-refractivity contribution in [3.8, 4) is 0 Å². The summed E-state index contributed by atoms with van der Waals surface area (Å²) in [4.78, 5) is 8.95. The van der Waals surface area contributed by atoms with Crippen LogP contribution in [0.5, 0.6) is 0 Å². The molecule has 24 heavy (non-hydrogen) atoms. The number of nitrogens with one attached hydrogen (secondary N) is 2. The molecule has 136 valence electrons. The normalized spacial score (nSPS) is 23.1. The summed E-state index contributed by atoms with van der Waals surface area (Å²) in [7, 11) is -0.711. The first kappa shape index (κ1) is 19.0. The van der Waals surface area contributed by atoms with E-state index in [0.717, 1.165) is 55.4 Å². The fourth-order valence-electron chi connectivity index (χ4n) is 3.02. The molecule has 7 heteroatoms. The van der Waals surface area contributed by atoms with E-state index in [9.17, 15) is 4.21 Å². The molecule has 1 aromatic rings. The van der Waals surface area contributed by atoms with Crippen LogP contribution in [0.3, 0.4) is 0 Å². The molecule has 0 saturated heterocycles. The molecule has 6 nitrogen and oxygen atoms in total. The van der Waals surface area contributed by atoms with Crippen LogP contribution >= 0.6 is 0 Å². The fourth-order valence-corrected chi connectivity index (χ4v) is 4.37. The number of hydrogen-bond donors (Lipinski definition) is 2. The van der Waals surface area contributed by atoms with E-state index in [1.165, 1.54) is 0 Å². The lowest BCUT2D eigenvalue weighted by Gasteiger charge is -2.30. The van der Waals surface area contributed by atoms with Gasteiger partial charge in [-0.15, -0.1) is 0 Å². The van der Waals surface area contributed by atoms with Gasteiger partial charge in [-0.3, -0.25) is 4.21 Å². The number of oxazole rings is 1. The van der Waals surface area contributed by atoms with Crippen molar-refractivity contribution >= 4 is 16.8 Å². The van der Waals surface area contributed by atoms with Crippen LogP contribution in [-0.4, -0.2) is 38.7 Å². The molecule has 2 rings (SSSR count). The SMILES string of the molecule is CCNC(=NCc1nc(C)c(C)o1)NC1CCCC(S(=O)CC)C1. The molecule has 3 atom stereocenters. The van der Waals surface area contributed by atoms with Gasteiger partial charge < -0.3 is 15.1 Å². The van der Waals surface area contributed by atoms with Crippen LogP contribution < -0.4 is 10.6 Å². The Kier molecular flexibility index (Phi) is 7.27. The summed E-state index contributed by atoms with van der Waals surface area (Å²) in [6.07, 6.45) is 4.23. The van der Waals surface area contributed by atoms with Gasteiger partial charge in [-0.1, -0.05) is 13.3 Å². The van der Waals surface area contributed by atoms with E-state index in [1.807, 2.05) is 27.7 Å². The highest BCUT2D eigenvalue weighted by Crippen LogP contribution is 2.23. The van der Waals surface area contributed by atoms with Gasteiger partial charge in [0.1, 0.15) is 12.3 Å². The number of nitrogens with zero attached hydrogens (tertiary/aromatic N) is 2. The Balaban J connectivity index is 1.96. The zero-order chi connectivity index (χ0) is 17.5. The van der Waals surface area contributed by atoms with Gasteiger partial charge in [0.05, 0.1) is 5.69 Å². The van der Waals surface area contributed by atoms with Crippen LogP contribution in [0.4, 0.5) is 0 Å². The maximum absolute atomic E-state index is 12.1. The molecule has 1 saturated carbocycles. The molecular weight excluding hydrogens is 324 g/mol. The molecule has 0 radical (unpaired) electrons. The average molecular weight is 355 g/mol. The van der Waals surface area contributed by atoms with Gasteiger partial charge in [0.25, 0.3) is 0 Å². The third-order valence-electron chi connectivity index (χ3n) is 4.41. The number of guanidine groups is 1. The molecule has 1 aliphatic carbocycles. The first-order valence-electron chi connectivity index (χ1n) is 8.88. The summed E-state index contributed by atoms with van der Waals surface area (Å²) >= 11 is 0. The molecule has 1 aromatic heterocycles. The zero-order valence-corrected chi connectivity index (χ0v) is 16.0. The summed E-state index contributed by atoms with van der Waals surface area (Å²) in [5.74, 6) is 3.00. The van der Waals surface area contributed by atoms with Crippen molar-refractivity contribution in [1.82, 2.24) is 15.6 Å². The fraction of sp³-hybridized carbons (Fsp3) is 0.765. The third kappa shape index (κ3) is 5.33. The first-order valence-corrected chi connectivity index (χ1v) is 10.3. The first-order chi connectivity index (χ1) is 11.5. The summed E-state index contributed by atoms with van der Waals surface area (Å²) in [5.41, 5.74) is 0.912. The predicted molar refractivity (Wildman–Crippen MR) is 98.7 cm³/mol. The van der Waals surface area contributed by atoms with Crippen molar-refractivity contribution in [2.24, 2.45) is 4.99 Å². The molecule has 1 aliphatic rings. The van der Waals surface area contributed by atoms with Crippen molar-refractivity contribution in [1.29, 1.82) is 0 Å². The van der Waals surface area contributed by atoms with Gasteiger partial charge in [0.2, 0.25) is 5.89 Å². The standard InChI is InChI=1S/C17H30N4O2S/c1-5-18-17(19-11-16-20-12(3)13(4)23-16)21-14-8-7-9-15(10-14)24(22)6-2/h14-15H,5-11H2,1-4H3,(H2,18,19,21). The number of aromatic nitrogens is 1. The van der Waals surface area contributed by atoms with Crippen LogP contribution in [0.15, 0.2) is 9.41 Å². The summed E-state index contributed by atoms with van der Waals surface area (Å²) < 4.78 is 17.7. The van der Waals surface area contributed by atoms with Crippen molar-refractivity contribution in [3.63, 3.8) is 0 Å². The van der Waals surface area contributed by atoms with Crippen LogP contribution in [0, 0.1) is 13.8 Å². The number of hydrogen-bond acceptors (Lipinski definition) is 4. The van der Waals surface area contributed by atoms with Crippen LogP contribution in [0.2, 0.25) is 0 Å². The second-order valence-electron chi connectivity index (χ2n) is 6.24. The molecule has 0 bridgehead atoms. The highest BCUT2D eigenvalue weighted by molar-refractivity contribution is 7.85. The molecule has 1 heterocycles. The van der Waals surface area contributed by atoms with Crippen LogP contribution in [-0.2, 0) is 17.3 Å². The van der Waals surface area contributed by atoms with Crippen molar-refractivity contribution in [2.75, 3.05) is 12.3 Å². The molecule has 0 spiro atoms. The van der Waals surface area contributed by atoms with E-state index in [4.69, 9.17) is 4.42 Å². The lowest BCUT2D eigenvalue weighted by atomic mass is 9.95. The Morgan fingerprint density at radius 1 is 1.38 bits per heavy atom. The second-order valence-corrected chi connectivity index (χ2v) is 8.25. The molecule has 3 unspecified atom stereocenters. The van der Waals surface area contributed by atoms with Crippen molar-refractivity contribution in [3.05, 3.63) is 17.3 Å². The average Bonchev–Trinajstić information content (AvgIpc) is 2.90. The highest BCUT2D eigenvalue weighted by atomic mass is 32.2. The van der Waals surface area contributed by atoms with E-state index >= 15 is 0 Å². The van der Waals surface area contributed by atoms with E-state index in [-0.39, 0.29) is 0 Å². The Bertz CT molecular complexity index is 566. The molecule has 0 aromatic carbocycles. The van der Waals surface area contributed by atoms with Crippen LogP contribution in [0.25, 0.3) is 0 Å². The van der Waals surface area contributed by atoms with Gasteiger partial charge in [0.15, 0.2) is 5.96 Å². The lowest BCUT2D eigenvalue weighted by Crippen LogP contribution is -2.46. The zero-order valence-electron chi connectivity index (χ0n) is 15.2. The predicted octanol–water partition coefficient (Wildman–Crippen LogP) is 2.43. The number of aryl methyl sites for hydroxylation is 2. The quantitative estimate of drug-likeness (QED) is 0.606. The van der Waals surface area contributed by atoms with Gasteiger partial charge in [-0.25, -0.2) is 9.98 Å². The minimum Gasteiger partial charge on any atom is -0.444 e. The Morgan fingerprint density at radius 3 is 2.79 bits per heavy atom. The largest absolute Gasteiger partial charge is 0.444 e. The Labute approximate surface area is 147 Å². The van der Waals surface area contributed by atoms with E-state index in [1.54, 1.807) is 0 Å². The highest BCUT2D eigenvalue weighted by Gasteiger charge is 2.26. The van der Waals surface area contributed by atoms with Gasteiger partial charge >= 0.3 is 0 Å². The summed E-state index contributed by atoms with van der Waals surface area (Å²) in [5, 5.41) is 7.07. The number of aliphatic imine (C=N–C) groups is 1. The number of rotatable bonds is 6. The topological polar surface area (TPSA) is 79.5 Å². The van der Waals surface area contributed by atoms with E-state index in [2.05, 4.69) is 20.6 Å². The van der Waals surface area contributed by atoms with Crippen molar-refractivity contribution in [2.45, 2.75) is 71.2 Å². The van der Waals surface area contributed by atoms with Gasteiger partial charge in [-0.05, 0) is 40.0 Å². The van der Waals surface area contributed by atoms with E-state index in [0.29, 0.717) is 23.7 Å². The lowest BCUT2D eigenvalue weighted by molar-refractivity contribution is 0.412. The molecule has 1 fully saturated rings. The minimum absolute atomic E-state index is 0.307.